The Morgan fingerprint density at radius 1 is 1.24 bits per heavy atom. The maximum Gasteiger partial charge on any atom is 0.191 e. The van der Waals surface area contributed by atoms with Crippen LogP contribution in [0.2, 0.25) is 5.02 Å². The molecule has 2 aliphatic rings. The molecule has 0 aliphatic carbocycles. The number of halogens is 1. The summed E-state index contributed by atoms with van der Waals surface area (Å²) in [7, 11) is 1.71. The van der Waals surface area contributed by atoms with Crippen molar-refractivity contribution < 1.29 is 4.74 Å². The zero-order valence-electron chi connectivity index (χ0n) is 18.1. The topological polar surface area (TPSA) is 52.1 Å². The first-order valence-corrected chi connectivity index (χ1v) is 11.4. The predicted octanol–water partition coefficient (Wildman–Crippen LogP) is 3.21. The summed E-state index contributed by atoms with van der Waals surface area (Å²) in [5.41, 5.74) is 1.06. The van der Waals surface area contributed by atoms with E-state index in [2.05, 4.69) is 34.3 Å². The Balaban J connectivity index is 1.58. The normalized spacial score (nSPS) is 23.3. The molecule has 3 rings (SSSR count). The van der Waals surface area contributed by atoms with Crippen molar-refractivity contribution in [2.45, 2.75) is 39.2 Å². The summed E-state index contributed by atoms with van der Waals surface area (Å²) in [6.45, 7) is 11.6. The fraction of sp³-hybridized carbons (Fsp3) is 0.682. The van der Waals surface area contributed by atoms with Crippen molar-refractivity contribution in [3.8, 4) is 5.75 Å². The summed E-state index contributed by atoms with van der Waals surface area (Å²) in [5.74, 6) is 2.47. The molecule has 0 amide bonds. The van der Waals surface area contributed by atoms with Gasteiger partial charge in [0.25, 0.3) is 0 Å². The molecule has 1 aromatic carbocycles. The molecule has 2 atom stereocenters. The first-order chi connectivity index (χ1) is 14.1. The van der Waals surface area contributed by atoms with Gasteiger partial charge in [-0.2, -0.15) is 0 Å². The molecule has 2 saturated heterocycles. The van der Waals surface area contributed by atoms with Crippen LogP contribution in [0, 0.1) is 5.92 Å². The summed E-state index contributed by atoms with van der Waals surface area (Å²) in [5, 5.41) is 7.80. The number of benzene rings is 1. The zero-order chi connectivity index (χ0) is 20.6. The molecular formula is C22H36ClN5O. The third-order valence-corrected chi connectivity index (χ3v) is 6.15. The molecule has 7 heteroatoms. The van der Waals surface area contributed by atoms with Crippen molar-refractivity contribution in [3.05, 3.63) is 23.2 Å². The molecule has 2 fully saturated rings. The maximum absolute atomic E-state index is 6.22. The second-order valence-corrected chi connectivity index (χ2v) is 8.45. The first kappa shape index (κ1) is 22.0. The highest BCUT2D eigenvalue weighted by Gasteiger charge is 2.26. The van der Waals surface area contributed by atoms with Crippen LogP contribution in [0.25, 0.3) is 0 Å². The molecule has 0 spiro atoms. The van der Waals surface area contributed by atoms with Crippen LogP contribution < -0.4 is 20.3 Å². The lowest BCUT2D eigenvalue weighted by Gasteiger charge is -2.31. The Morgan fingerprint density at radius 2 is 2.10 bits per heavy atom. The van der Waals surface area contributed by atoms with Crippen molar-refractivity contribution in [3.63, 3.8) is 0 Å². The number of likely N-dealkylation sites (tertiary alicyclic amines) is 1. The molecule has 29 heavy (non-hydrogen) atoms. The molecule has 0 bridgehead atoms. The smallest absolute Gasteiger partial charge is 0.191 e. The molecule has 0 radical (unpaired) electrons. The molecular weight excluding hydrogens is 386 g/mol. The SMILES string of the molecule is CCNC(=NCC1CCCN(CC)C1)NC1CCN(c2cc(Cl)ccc2OC)C1. The van der Waals surface area contributed by atoms with Crippen LogP contribution in [0.1, 0.15) is 33.1 Å². The number of hydrogen-bond acceptors (Lipinski definition) is 4. The third kappa shape index (κ3) is 6.16. The van der Waals surface area contributed by atoms with Crippen molar-refractivity contribution >= 4 is 23.2 Å². The number of hydrogen-bond donors (Lipinski definition) is 2. The minimum atomic E-state index is 0.356. The highest BCUT2D eigenvalue weighted by atomic mass is 35.5. The van der Waals surface area contributed by atoms with Crippen molar-refractivity contribution in [2.75, 3.05) is 57.8 Å². The number of rotatable bonds is 7. The van der Waals surface area contributed by atoms with E-state index >= 15 is 0 Å². The van der Waals surface area contributed by atoms with Crippen molar-refractivity contribution in [1.82, 2.24) is 15.5 Å². The van der Waals surface area contributed by atoms with E-state index in [9.17, 15) is 0 Å². The van der Waals surface area contributed by atoms with E-state index < -0.39 is 0 Å². The van der Waals surface area contributed by atoms with Gasteiger partial charge in [-0.25, -0.2) is 0 Å². The van der Waals surface area contributed by atoms with Crippen LogP contribution in [-0.4, -0.2) is 69.8 Å². The zero-order valence-corrected chi connectivity index (χ0v) is 18.8. The van der Waals surface area contributed by atoms with Gasteiger partial charge in [-0.1, -0.05) is 18.5 Å². The number of methoxy groups -OCH3 is 1. The molecule has 0 saturated carbocycles. The third-order valence-electron chi connectivity index (χ3n) is 5.91. The van der Waals surface area contributed by atoms with Crippen LogP contribution in [0.15, 0.2) is 23.2 Å². The Hall–Kier alpha value is -1.66. The van der Waals surface area contributed by atoms with Gasteiger partial charge in [-0.15, -0.1) is 0 Å². The van der Waals surface area contributed by atoms with Gasteiger partial charge >= 0.3 is 0 Å². The van der Waals surface area contributed by atoms with Gasteiger partial charge in [0.2, 0.25) is 0 Å². The van der Waals surface area contributed by atoms with E-state index in [1.165, 1.54) is 25.9 Å². The maximum atomic E-state index is 6.22. The Kier molecular flexibility index (Phi) is 8.30. The fourth-order valence-electron chi connectivity index (χ4n) is 4.33. The van der Waals surface area contributed by atoms with E-state index in [0.717, 1.165) is 61.6 Å². The number of ether oxygens (including phenoxy) is 1. The van der Waals surface area contributed by atoms with E-state index in [4.69, 9.17) is 21.3 Å². The molecule has 0 aromatic heterocycles. The number of aliphatic imine (C=N–C) groups is 1. The minimum Gasteiger partial charge on any atom is -0.495 e. The van der Waals surface area contributed by atoms with Gasteiger partial charge in [0.05, 0.1) is 12.8 Å². The average Bonchev–Trinajstić information content (AvgIpc) is 3.20. The lowest BCUT2D eigenvalue weighted by atomic mass is 9.98. The van der Waals surface area contributed by atoms with E-state index in [-0.39, 0.29) is 0 Å². The van der Waals surface area contributed by atoms with Gasteiger partial charge in [-0.05, 0) is 63.4 Å². The largest absolute Gasteiger partial charge is 0.495 e. The van der Waals surface area contributed by atoms with Gasteiger partial charge in [0.15, 0.2) is 5.96 Å². The quantitative estimate of drug-likeness (QED) is 0.523. The monoisotopic (exact) mass is 421 g/mol. The number of guanidine groups is 1. The molecule has 162 valence electrons. The van der Waals surface area contributed by atoms with Crippen LogP contribution in [0.5, 0.6) is 5.75 Å². The van der Waals surface area contributed by atoms with E-state index in [0.29, 0.717) is 12.0 Å². The fourth-order valence-corrected chi connectivity index (χ4v) is 4.49. The summed E-state index contributed by atoms with van der Waals surface area (Å²) in [4.78, 5) is 9.80. The average molecular weight is 422 g/mol. The minimum absolute atomic E-state index is 0.356. The molecule has 2 N–H and O–H groups in total. The van der Waals surface area contributed by atoms with Crippen LogP contribution in [-0.2, 0) is 0 Å². The number of nitrogens with zero attached hydrogens (tertiary/aromatic N) is 3. The Morgan fingerprint density at radius 3 is 2.86 bits per heavy atom. The van der Waals surface area contributed by atoms with E-state index in [1.54, 1.807) is 7.11 Å². The molecule has 2 aliphatic heterocycles. The van der Waals surface area contributed by atoms with Gasteiger partial charge in [-0.3, -0.25) is 4.99 Å². The van der Waals surface area contributed by atoms with Crippen LogP contribution in [0.4, 0.5) is 5.69 Å². The lowest BCUT2D eigenvalue weighted by molar-refractivity contribution is 0.186. The number of nitrogens with one attached hydrogen (secondary N) is 2. The predicted molar refractivity (Wildman–Crippen MR) is 123 cm³/mol. The number of anilines is 1. The Labute approximate surface area is 180 Å². The van der Waals surface area contributed by atoms with Crippen molar-refractivity contribution in [2.24, 2.45) is 10.9 Å². The van der Waals surface area contributed by atoms with E-state index in [1.807, 2.05) is 18.2 Å². The second kappa shape index (κ2) is 10.9. The molecule has 6 nitrogen and oxygen atoms in total. The van der Waals surface area contributed by atoms with Gasteiger partial charge in [0, 0.05) is 43.8 Å². The Bertz CT molecular complexity index is 683. The highest BCUT2D eigenvalue weighted by Crippen LogP contribution is 2.33. The van der Waals surface area contributed by atoms with Crippen molar-refractivity contribution in [1.29, 1.82) is 0 Å². The van der Waals surface area contributed by atoms with Gasteiger partial charge < -0.3 is 25.2 Å². The summed E-state index contributed by atoms with van der Waals surface area (Å²) >= 11 is 6.22. The molecule has 2 heterocycles. The standard InChI is InChI=1S/C22H36ClN5O/c1-4-24-22(25-14-17-7-6-11-27(5-2)15-17)26-19-10-12-28(16-19)20-13-18(23)8-9-21(20)29-3/h8-9,13,17,19H,4-7,10-12,14-16H2,1-3H3,(H2,24,25,26). The highest BCUT2D eigenvalue weighted by molar-refractivity contribution is 6.30. The van der Waals surface area contributed by atoms with Crippen LogP contribution in [0.3, 0.4) is 0 Å². The lowest BCUT2D eigenvalue weighted by Crippen LogP contribution is -2.45. The van der Waals surface area contributed by atoms with Gasteiger partial charge in [0.1, 0.15) is 5.75 Å². The summed E-state index contributed by atoms with van der Waals surface area (Å²) in [6, 6.07) is 6.16. The summed E-state index contributed by atoms with van der Waals surface area (Å²) in [6.07, 6.45) is 3.63. The first-order valence-electron chi connectivity index (χ1n) is 11.0. The second-order valence-electron chi connectivity index (χ2n) is 8.01. The number of piperidine rings is 1. The van der Waals surface area contributed by atoms with Crippen LogP contribution >= 0.6 is 11.6 Å². The summed E-state index contributed by atoms with van der Waals surface area (Å²) < 4.78 is 5.53. The molecule has 2 unspecified atom stereocenters. The molecule has 1 aromatic rings.